The number of nitrogens with one attached hydrogen (secondary N) is 1. The summed E-state index contributed by atoms with van der Waals surface area (Å²) in [6, 6.07) is 6.91. The number of nitrogens with zero attached hydrogens (tertiary/aromatic N) is 2. The van der Waals surface area contributed by atoms with E-state index in [4.69, 9.17) is 10.5 Å². The second-order valence-corrected chi connectivity index (χ2v) is 4.68. The van der Waals surface area contributed by atoms with Crippen LogP contribution in [0.15, 0.2) is 24.3 Å². The number of nitrogens with two attached hydrogens (primary N) is 1. The van der Waals surface area contributed by atoms with Gasteiger partial charge in [0.25, 0.3) is 5.91 Å². The van der Waals surface area contributed by atoms with E-state index >= 15 is 0 Å². The van der Waals surface area contributed by atoms with Crippen molar-refractivity contribution in [1.82, 2.24) is 10.2 Å². The molecule has 7 heteroatoms. The minimum absolute atomic E-state index is 0.234. The Balaban J connectivity index is 2.02. The molecule has 1 heterocycles. The number of rotatable bonds is 5. The van der Waals surface area contributed by atoms with Crippen LogP contribution < -0.4 is 15.8 Å². The van der Waals surface area contributed by atoms with Gasteiger partial charge in [0.1, 0.15) is 10.8 Å². The highest BCUT2D eigenvalue weighted by Crippen LogP contribution is 2.17. The molecule has 3 N–H and O–H groups in total. The fourth-order valence-corrected chi connectivity index (χ4v) is 2.04. The number of hydrogen-bond acceptors (Lipinski definition) is 6. The highest BCUT2D eigenvalue weighted by Gasteiger charge is 2.09. The van der Waals surface area contributed by atoms with Gasteiger partial charge in [0.2, 0.25) is 5.13 Å². The summed E-state index contributed by atoms with van der Waals surface area (Å²) in [5, 5.41) is 11.5. The van der Waals surface area contributed by atoms with Crippen molar-refractivity contribution in [3.05, 3.63) is 34.8 Å². The highest BCUT2D eigenvalue weighted by molar-refractivity contribution is 7.15. The maximum Gasteiger partial charge on any atom is 0.257 e. The van der Waals surface area contributed by atoms with E-state index in [-0.39, 0.29) is 5.91 Å². The summed E-state index contributed by atoms with van der Waals surface area (Å²) in [5.74, 6) is 0.503. The Morgan fingerprint density at radius 1 is 1.37 bits per heavy atom. The molecule has 0 spiro atoms. The Morgan fingerprint density at radius 2 is 2.11 bits per heavy atom. The van der Waals surface area contributed by atoms with Crippen molar-refractivity contribution in [2.24, 2.45) is 5.73 Å². The van der Waals surface area contributed by atoms with Crippen molar-refractivity contribution >= 4 is 22.4 Å². The van der Waals surface area contributed by atoms with E-state index < -0.39 is 0 Å². The average molecular weight is 278 g/mol. The van der Waals surface area contributed by atoms with E-state index in [0.29, 0.717) is 28.9 Å². The molecule has 0 aliphatic rings. The predicted octanol–water partition coefficient (Wildman–Crippen LogP) is 1.65. The monoisotopic (exact) mass is 278 g/mol. The molecule has 0 saturated heterocycles. The Labute approximate surface area is 114 Å². The van der Waals surface area contributed by atoms with Crippen LogP contribution in [0.4, 0.5) is 5.13 Å². The maximum absolute atomic E-state index is 11.9. The van der Waals surface area contributed by atoms with Crippen molar-refractivity contribution in [2.75, 3.05) is 11.9 Å². The minimum Gasteiger partial charge on any atom is -0.494 e. The molecule has 0 unspecified atom stereocenters. The lowest BCUT2D eigenvalue weighted by Gasteiger charge is -2.04. The van der Waals surface area contributed by atoms with Gasteiger partial charge in [-0.15, -0.1) is 10.2 Å². The van der Waals surface area contributed by atoms with Crippen LogP contribution >= 0.6 is 11.3 Å². The summed E-state index contributed by atoms with van der Waals surface area (Å²) in [4.78, 5) is 11.9. The van der Waals surface area contributed by atoms with E-state index in [1.54, 1.807) is 24.3 Å². The Bertz CT molecular complexity index is 553. The topological polar surface area (TPSA) is 90.1 Å². The predicted molar refractivity (Wildman–Crippen MR) is 73.4 cm³/mol. The van der Waals surface area contributed by atoms with E-state index in [0.717, 1.165) is 5.75 Å². The molecule has 100 valence electrons. The third-order valence-electron chi connectivity index (χ3n) is 2.29. The SMILES string of the molecule is CCOc1ccc(C(=O)Nc2nnc(CN)s2)cc1. The van der Waals surface area contributed by atoms with Crippen LogP contribution in [-0.2, 0) is 6.54 Å². The van der Waals surface area contributed by atoms with Gasteiger partial charge in [-0.25, -0.2) is 0 Å². The zero-order chi connectivity index (χ0) is 13.7. The van der Waals surface area contributed by atoms with Gasteiger partial charge in [0.15, 0.2) is 0 Å². The van der Waals surface area contributed by atoms with E-state index in [9.17, 15) is 4.79 Å². The fraction of sp³-hybridized carbons (Fsp3) is 0.250. The molecule has 0 fully saturated rings. The van der Waals surface area contributed by atoms with E-state index in [2.05, 4.69) is 15.5 Å². The van der Waals surface area contributed by atoms with E-state index in [1.807, 2.05) is 6.92 Å². The Hall–Kier alpha value is -1.99. The lowest BCUT2D eigenvalue weighted by molar-refractivity contribution is 0.102. The first-order valence-electron chi connectivity index (χ1n) is 5.79. The molecule has 0 saturated carbocycles. The number of carbonyl (C=O) groups is 1. The van der Waals surface area contributed by atoms with Crippen molar-refractivity contribution in [2.45, 2.75) is 13.5 Å². The van der Waals surface area contributed by atoms with Crippen molar-refractivity contribution in [1.29, 1.82) is 0 Å². The van der Waals surface area contributed by atoms with Crippen LogP contribution in [0, 0.1) is 0 Å². The number of benzene rings is 1. The number of carbonyl (C=O) groups excluding carboxylic acids is 1. The van der Waals surface area contributed by atoms with Crippen molar-refractivity contribution < 1.29 is 9.53 Å². The van der Waals surface area contributed by atoms with Gasteiger partial charge < -0.3 is 10.5 Å². The molecule has 6 nitrogen and oxygen atoms in total. The summed E-state index contributed by atoms with van der Waals surface area (Å²) in [5.41, 5.74) is 5.97. The molecule has 0 aliphatic heterocycles. The van der Waals surface area contributed by atoms with Crippen LogP contribution in [0.25, 0.3) is 0 Å². The van der Waals surface area contributed by atoms with Gasteiger partial charge in [0.05, 0.1) is 6.61 Å². The smallest absolute Gasteiger partial charge is 0.257 e. The first kappa shape index (κ1) is 13.4. The van der Waals surface area contributed by atoms with Crippen molar-refractivity contribution in [3.8, 4) is 5.75 Å². The molecule has 0 atom stereocenters. The highest BCUT2D eigenvalue weighted by atomic mass is 32.1. The van der Waals surface area contributed by atoms with Crippen LogP contribution in [0.5, 0.6) is 5.75 Å². The third-order valence-corrected chi connectivity index (χ3v) is 3.15. The first-order chi connectivity index (χ1) is 9.22. The number of anilines is 1. The molecule has 1 aromatic carbocycles. The summed E-state index contributed by atoms with van der Waals surface area (Å²) < 4.78 is 5.31. The normalized spacial score (nSPS) is 10.2. The second-order valence-electron chi connectivity index (χ2n) is 3.62. The lowest BCUT2D eigenvalue weighted by atomic mass is 10.2. The molecule has 0 bridgehead atoms. The summed E-state index contributed by atoms with van der Waals surface area (Å²) >= 11 is 1.26. The van der Waals surface area contributed by atoms with Crippen molar-refractivity contribution in [3.63, 3.8) is 0 Å². The van der Waals surface area contributed by atoms with Crippen LogP contribution in [0.2, 0.25) is 0 Å². The van der Waals surface area contributed by atoms with E-state index in [1.165, 1.54) is 11.3 Å². The lowest BCUT2D eigenvalue weighted by Crippen LogP contribution is -2.11. The van der Waals surface area contributed by atoms with Gasteiger partial charge >= 0.3 is 0 Å². The molecular formula is C12H14N4O2S. The molecule has 2 rings (SSSR count). The van der Waals surface area contributed by atoms with Gasteiger partial charge in [-0.3, -0.25) is 10.1 Å². The standard InChI is InChI=1S/C12H14N4O2S/c1-2-18-9-5-3-8(4-6-9)11(17)14-12-16-15-10(7-13)19-12/h3-6H,2,7,13H2,1H3,(H,14,16,17). The number of hydrogen-bond donors (Lipinski definition) is 2. The third kappa shape index (κ3) is 3.49. The molecule has 1 amide bonds. The molecular weight excluding hydrogens is 264 g/mol. The molecule has 0 radical (unpaired) electrons. The summed E-state index contributed by atoms with van der Waals surface area (Å²) in [6.45, 7) is 2.82. The molecule has 0 aliphatic carbocycles. The number of amides is 1. The zero-order valence-corrected chi connectivity index (χ0v) is 11.2. The second kappa shape index (κ2) is 6.26. The molecule has 1 aromatic heterocycles. The number of aromatic nitrogens is 2. The number of ether oxygens (including phenoxy) is 1. The van der Waals surface area contributed by atoms with Crippen LogP contribution in [0.1, 0.15) is 22.3 Å². The van der Waals surface area contributed by atoms with Gasteiger partial charge in [-0.2, -0.15) is 0 Å². The van der Waals surface area contributed by atoms with Gasteiger partial charge in [-0.1, -0.05) is 11.3 Å². The fourth-order valence-electron chi connectivity index (χ4n) is 1.43. The minimum atomic E-state index is -0.234. The Morgan fingerprint density at radius 3 is 2.68 bits per heavy atom. The zero-order valence-electron chi connectivity index (χ0n) is 10.4. The summed E-state index contributed by atoms with van der Waals surface area (Å²) in [6.07, 6.45) is 0. The van der Waals surface area contributed by atoms with Gasteiger partial charge in [0, 0.05) is 12.1 Å². The quantitative estimate of drug-likeness (QED) is 0.868. The Kier molecular flexibility index (Phi) is 4.43. The first-order valence-corrected chi connectivity index (χ1v) is 6.61. The van der Waals surface area contributed by atoms with Gasteiger partial charge in [-0.05, 0) is 31.2 Å². The average Bonchev–Trinajstić information content (AvgIpc) is 2.87. The maximum atomic E-state index is 11.9. The largest absolute Gasteiger partial charge is 0.494 e. The summed E-state index contributed by atoms with van der Waals surface area (Å²) in [7, 11) is 0. The molecule has 2 aromatic rings. The molecule has 19 heavy (non-hydrogen) atoms. The van der Waals surface area contributed by atoms with Crippen LogP contribution in [0.3, 0.4) is 0 Å². The van der Waals surface area contributed by atoms with Crippen LogP contribution in [-0.4, -0.2) is 22.7 Å².